The summed E-state index contributed by atoms with van der Waals surface area (Å²) in [6.45, 7) is 2.64. The van der Waals surface area contributed by atoms with E-state index in [0.717, 1.165) is 48.5 Å². The molecule has 2 aliphatic rings. The van der Waals surface area contributed by atoms with E-state index in [1.807, 2.05) is 35.2 Å². The van der Waals surface area contributed by atoms with Crippen molar-refractivity contribution in [3.8, 4) is 0 Å². The van der Waals surface area contributed by atoms with Gasteiger partial charge in [0.2, 0.25) is 5.91 Å². The minimum Gasteiger partial charge on any atom is -0.362 e. The quantitative estimate of drug-likeness (QED) is 0.512. The third-order valence-corrected chi connectivity index (χ3v) is 8.52. The first-order valence-corrected chi connectivity index (χ1v) is 13.9. The van der Waals surface area contributed by atoms with E-state index in [0.29, 0.717) is 25.6 Å². The van der Waals surface area contributed by atoms with Crippen LogP contribution in [0.2, 0.25) is 5.02 Å². The Hall–Kier alpha value is -3.17. The number of carbonyl (C=O) groups excluding carboxylic acids is 1. The summed E-state index contributed by atoms with van der Waals surface area (Å²) in [5.41, 5.74) is 3.40. The second-order valence-corrected chi connectivity index (χ2v) is 11.3. The molecule has 3 aromatic rings. The Morgan fingerprint density at radius 2 is 1.86 bits per heavy atom. The predicted octanol–water partition coefficient (Wildman–Crippen LogP) is 4.34. The van der Waals surface area contributed by atoms with E-state index in [4.69, 9.17) is 11.6 Å². The summed E-state index contributed by atoms with van der Waals surface area (Å²) in [6.07, 6.45) is 6.48. The van der Waals surface area contributed by atoms with Crippen LogP contribution in [0.15, 0.2) is 66.0 Å². The van der Waals surface area contributed by atoms with Crippen LogP contribution in [0.25, 0.3) is 0 Å². The van der Waals surface area contributed by atoms with Crippen molar-refractivity contribution in [1.82, 2.24) is 14.9 Å². The van der Waals surface area contributed by atoms with Crippen LogP contribution in [-0.2, 0) is 21.2 Å². The number of sulfonamides is 1. The van der Waals surface area contributed by atoms with Crippen molar-refractivity contribution in [1.29, 1.82) is 0 Å². The van der Waals surface area contributed by atoms with Gasteiger partial charge in [-0.1, -0.05) is 23.7 Å². The third-order valence-electron chi connectivity index (χ3n) is 6.91. The number of carbonyl (C=O) groups is 1. The maximum absolute atomic E-state index is 13.1. The molecule has 1 amide bonds. The van der Waals surface area contributed by atoms with E-state index in [9.17, 15) is 13.2 Å². The van der Waals surface area contributed by atoms with E-state index in [1.54, 1.807) is 12.1 Å². The number of aryl methyl sites for hydroxylation is 1. The van der Waals surface area contributed by atoms with Crippen molar-refractivity contribution in [2.75, 3.05) is 35.8 Å². The highest BCUT2D eigenvalue weighted by Gasteiger charge is 2.27. The summed E-state index contributed by atoms with van der Waals surface area (Å²) in [6, 6.07) is 14.4. The summed E-state index contributed by atoms with van der Waals surface area (Å²) >= 11 is 6.15. The molecular formula is C26H30ClN5O3S. The number of benzene rings is 2. The summed E-state index contributed by atoms with van der Waals surface area (Å²) in [5.74, 6) is 0.662. The van der Waals surface area contributed by atoms with Crippen LogP contribution in [0.3, 0.4) is 0 Å². The number of fused-ring (bicyclic) bond motifs is 1. The van der Waals surface area contributed by atoms with Gasteiger partial charge in [-0.15, -0.1) is 0 Å². The van der Waals surface area contributed by atoms with Gasteiger partial charge in [0, 0.05) is 38.0 Å². The number of likely N-dealkylation sites (tertiary alicyclic amines) is 1. The molecule has 3 heterocycles. The zero-order chi connectivity index (χ0) is 25.1. The lowest BCUT2D eigenvalue weighted by atomic mass is 9.89. The molecule has 1 saturated heterocycles. The molecule has 0 aliphatic carbocycles. The maximum Gasteiger partial charge on any atom is 0.263 e. The SMILES string of the molecule is O=C(CN1CCCc2cc(Cl)ccc21)N1CCC(c2ccc(S(=O)(=O)Nc3ccncn3)cc2)CC1.[HH]. The van der Waals surface area contributed by atoms with E-state index < -0.39 is 10.0 Å². The molecule has 2 aliphatic heterocycles. The molecule has 0 atom stereocenters. The molecule has 0 spiro atoms. The largest absolute Gasteiger partial charge is 0.362 e. The monoisotopic (exact) mass is 527 g/mol. The molecule has 1 N–H and O–H groups in total. The van der Waals surface area contributed by atoms with Crippen molar-refractivity contribution < 1.29 is 14.6 Å². The second-order valence-electron chi connectivity index (χ2n) is 9.22. The number of piperidine rings is 1. The van der Waals surface area contributed by atoms with Crippen molar-refractivity contribution in [3.63, 3.8) is 0 Å². The van der Waals surface area contributed by atoms with Crippen molar-refractivity contribution in [2.45, 2.75) is 36.5 Å². The first-order valence-electron chi connectivity index (χ1n) is 12.1. The fourth-order valence-electron chi connectivity index (χ4n) is 5.00. The van der Waals surface area contributed by atoms with Crippen LogP contribution in [0, 0.1) is 0 Å². The highest BCUT2D eigenvalue weighted by atomic mass is 35.5. The van der Waals surface area contributed by atoms with Gasteiger partial charge in [0.25, 0.3) is 10.0 Å². The number of nitrogens with zero attached hydrogens (tertiary/aromatic N) is 4. The predicted molar refractivity (Wildman–Crippen MR) is 142 cm³/mol. The number of anilines is 2. The Labute approximate surface area is 217 Å². The zero-order valence-corrected chi connectivity index (χ0v) is 21.4. The number of aromatic nitrogens is 2. The number of hydrogen-bond donors (Lipinski definition) is 1. The number of nitrogens with one attached hydrogen (secondary N) is 1. The number of rotatable bonds is 6. The second kappa shape index (κ2) is 10.4. The van der Waals surface area contributed by atoms with Crippen LogP contribution < -0.4 is 9.62 Å². The van der Waals surface area contributed by atoms with Crippen molar-refractivity contribution in [2.24, 2.45) is 0 Å². The topological polar surface area (TPSA) is 95.5 Å². The van der Waals surface area contributed by atoms with E-state index in [2.05, 4.69) is 19.6 Å². The van der Waals surface area contributed by atoms with Gasteiger partial charge in [-0.05, 0) is 79.1 Å². The standard InChI is InChI=1S/C26H28ClN5O3S.H2/c27-22-5-8-24-21(16-22)2-1-13-32(24)17-26(33)31-14-10-20(11-15-31)19-3-6-23(7-4-19)36(34,35)30-25-9-12-28-18-29-25;/h3-9,12,16,18,20H,1-2,10-11,13-15,17H2,(H,28,29,30);1H. The van der Waals surface area contributed by atoms with Crippen molar-refractivity contribution >= 4 is 39.0 Å². The lowest BCUT2D eigenvalue weighted by molar-refractivity contribution is -0.130. The van der Waals surface area contributed by atoms with Crippen LogP contribution in [0.5, 0.6) is 0 Å². The molecule has 8 nitrogen and oxygen atoms in total. The third kappa shape index (κ3) is 5.47. The number of halogens is 1. The van der Waals surface area contributed by atoms with Gasteiger partial charge in [0.1, 0.15) is 12.1 Å². The average Bonchev–Trinajstić information content (AvgIpc) is 2.89. The van der Waals surface area contributed by atoms with E-state index >= 15 is 0 Å². The van der Waals surface area contributed by atoms with Gasteiger partial charge >= 0.3 is 0 Å². The molecule has 1 aromatic heterocycles. The fraction of sp³-hybridized carbons (Fsp3) is 0.346. The summed E-state index contributed by atoms with van der Waals surface area (Å²) in [4.78, 5) is 25.1. The molecule has 10 heteroatoms. The lowest BCUT2D eigenvalue weighted by Gasteiger charge is -2.36. The summed E-state index contributed by atoms with van der Waals surface area (Å²) < 4.78 is 27.7. The Morgan fingerprint density at radius 1 is 1.08 bits per heavy atom. The Kier molecular flexibility index (Phi) is 7.11. The lowest BCUT2D eigenvalue weighted by Crippen LogP contribution is -2.45. The van der Waals surface area contributed by atoms with Crippen LogP contribution in [0.4, 0.5) is 11.5 Å². The molecule has 1 fully saturated rings. The fourth-order valence-corrected chi connectivity index (χ4v) is 6.20. The molecule has 0 saturated carbocycles. The molecule has 2 aromatic carbocycles. The van der Waals surface area contributed by atoms with Gasteiger partial charge in [0.15, 0.2) is 0 Å². The van der Waals surface area contributed by atoms with Gasteiger partial charge in [-0.2, -0.15) is 0 Å². The van der Waals surface area contributed by atoms with E-state index in [1.165, 1.54) is 24.2 Å². The first kappa shape index (κ1) is 24.5. The van der Waals surface area contributed by atoms with Gasteiger partial charge in [-0.25, -0.2) is 18.4 Å². The smallest absolute Gasteiger partial charge is 0.263 e. The highest BCUT2D eigenvalue weighted by Crippen LogP contribution is 2.31. The zero-order valence-electron chi connectivity index (χ0n) is 19.8. The molecule has 0 radical (unpaired) electrons. The van der Waals surface area contributed by atoms with Gasteiger partial charge < -0.3 is 9.80 Å². The highest BCUT2D eigenvalue weighted by molar-refractivity contribution is 7.92. The van der Waals surface area contributed by atoms with Crippen LogP contribution >= 0.6 is 11.6 Å². The van der Waals surface area contributed by atoms with Gasteiger partial charge in [-0.3, -0.25) is 9.52 Å². The summed E-state index contributed by atoms with van der Waals surface area (Å²) in [5, 5.41) is 0.733. The minimum atomic E-state index is -3.72. The number of hydrogen-bond acceptors (Lipinski definition) is 6. The normalized spacial score (nSPS) is 16.5. The molecule has 36 heavy (non-hydrogen) atoms. The summed E-state index contributed by atoms with van der Waals surface area (Å²) in [7, 11) is -3.72. The average molecular weight is 528 g/mol. The van der Waals surface area contributed by atoms with E-state index in [-0.39, 0.29) is 18.0 Å². The minimum absolute atomic E-state index is 0. The number of amides is 1. The molecule has 190 valence electrons. The molecule has 0 unspecified atom stereocenters. The molecular weight excluding hydrogens is 498 g/mol. The Morgan fingerprint density at radius 3 is 2.58 bits per heavy atom. The van der Waals surface area contributed by atoms with Crippen LogP contribution in [0.1, 0.15) is 37.7 Å². The van der Waals surface area contributed by atoms with Crippen molar-refractivity contribution in [3.05, 3.63) is 77.2 Å². The Balaban J connectivity index is 0.00000320. The molecule has 0 bridgehead atoms. The maximum atomic E-state index is 13.1. The van der Waals surface area contributed by atoms with Gasteiger partial charge in [0.05, 0.1) is 11.4 Å². The molecule has 5 rings (SSSR count). The first-order chi connectivity index (χ1) is 17.4. The van der Waals surface area contributed by atoms with Crippen LogP contribution in [-0.4, -0.2) is 55.4 Å². The Bertz CT molecular complexity index is 1330.